The van der Waals surface area contributed by atoms with Crippen molar-refractivity contribution >= 4 is 23.3 Å². The number of para-hydroxylation sites is 1. The number of amides is 1. The Morgan fingerprint density at radius 1 is 1.07 bits per heavy atom. The molecule has 29 heavy (non-hydrogen) atoms. The van der Waals surface area contributed by atoms with Crippen molar-refractivity contribution in [1.29, 1.82) is 0 Å². The Morgan fingerprint density at radius 3 is 2.45 bits per heavy atom. The van der Waals surface area contributed by atoms with Crippen LogP contribution in [0.25, 0.3) is 0 Å². The van der Waals surface area contributed by atoms with Crippen LogP contribution in [-0.2, 0) is 16.1 Å². The minimum absolute atomic E-state index is 0.166. The molecule has 2 aromatic carbocycles. The number of carbonyl (C=O) groups is 3. The number of benzene rings is 2. The zero-order valence-electron chi connectivity index (χ0n) is 16.2. The molecule has 3 aromatic rings. The molecule has 0 bridgehead atoms. The van der Waals surface area contributed by atoms with E-state index in [1.807, 2.05) is 24.4 Å². The fourth-order valence-electron chi connectivity index (χ4n) is 2.74. The lowest BCUT2D eigenvalue weighted by atomic mass is 10.1. The lowest BCUT2D eigenvalue weighted by molar-refractivity contribution is -0.123. The van der Waals surface area contributed by atoms with Crippen molar-refractivity contribution in [2.75, 3.05) is 5.32 Å². The van der Waals surface area contributed by atoms with Gasteiger partial charge in [-0.1, -0.05) is 24.3 Å². The second-order valence-electron chi connectivity index (χ2n) is 6.54. The van der Waals surface area contributed by atoms with Crippen molar-refractivity contribution in [3.63, 3.8) is 0 Å². The largest absolute Gasteiger partial charge is 0.449 e. The van der Waals surface area contributed by atoms with Crippen LogP contribution in [0.15, 0.2) is 67.0 Å². The van der Waals surface area contributed by atoms with Crippen LogP contribution in [0.3, 0.4) is 0 Å². The summed E-state index contributed by atoms with van der Waals surface area (Å²) in [6.07, 6.45) is 2.53. The number of rotatable bonds is 7. The van der Waals surface area contributed by atoms with Gasteiger partial charge in [0.25, 0.3) is 5.91 Å². The smallest absolute Gasteiger partial charge is 0.338 e. The first-order valence-electron chi connectivity index (χ1n) is 9.12. The summed E-state index contributed by atoms with van der Waals surface area (Å²) in [6.45, 7) is 3.50. The maximum absolute atomic E-state index is 12.4. The quantitative estimate of drug-likeness (QED) is 0.493. The predicted octanol–water partition coefficient (Wildman–Crippen LogP) is 3.32. The standard InChI is InChI=1S/C22H21N3O4/c1-15(26)19-6-3-4-7-20(19)24-21(27)16(2)29-22(28)18-10-8-17(9-11-18)14-25-13-5-12-23-25/h3-13,16H,14H2,1-2H3,(H,24,27). The summed E-state index contributed by atoms with van der Waals surface area (Å²) >= 11 is 0. The van der Waals surface area contributed by atoms with Crippen molar-refractivity contribution < 1.29 is 19.1 Å². The third kappa shape index (κ3) is 5.16. The van der Waals surface area contributed by atoms with Crippen LogP contribution >= 0.6 is 0 Å². The zero-order chi connectivity index (χ0) is 20.8. The van der Waals surface area contributed by atoms with Gasteiger partial charge in [0, 0.05) is 18.0 Å². The van der Waals surface area contributed by atoms with Crippen molar-refractivity contribution in [2.45, 2.75) is 26.5 Å². The van der Waals surface area contributed by atoms with Gasteiger partial charge in [-0.05, 0) is 49.7 Å². The Labute approximate surface area is 168 Å². The van der Waals surface area contributed by atoms with Crippen LogP contribution in [0.1, 0.15) is 40.1 Å². The molecule has 1 N–H and O–H groups in total. The second kappa shape index (κ2) is 8.97. The maximum Gasteiger partial charge on any atom is 0.338 e. The molecule has 0 saturated carbocycles. The number of carbonyl (C=O) groups excluding carboxylic acids is 3. The molecule has 0 aliphatic heterocycles. The molecule has 0 saturated heterocycles. The first kappa shape index (κ1) is 20.0. The molecule has 0 aliphatic rings. The van der Waals surface area contributed by atoms with Crippen molar-refractivity contribution in [1.82, 2.24) is 9.78 Å². The second-order valence-corrected chi connectivity index (χ2v) is 6.54. The summed E-state index contributed by atoms with van der Waals surface area (Å²) in [5, 5.41) is 6.77. The summed E-state index contributed by atoms with van der Waals surface area (Å²) in [5.41, 5.74) is 2.11. The minimum Gasteiger partial charge on any atom is -0.449 e. The van der Waals surface area contributed by atoms with E-state index in [9.17, 15) is 14.4 Å². The number of esters is 1. The third-order valence-corrected chi connectivity index (χ3v) is 4.31. The molecule has 0 fully saturated rings. The Kier molecular flexibility index (Phi) is 6.19. The summed E-state index contributed by atoms with van der Waals surface area (Å²) in [4.78, 5) is 36.4. The molecular weight excluding hydrogens is 370 g/mol. The molecule has 1 heterocycles. The Balaban J connectivity index is 1.60. The number of ketones is 1. The molecule has 1 amide bonds. The van der Waals surface area contributed by atoms with Crippen LogP contribution in [0, 0.1) is 0 Å². The van der Waals surface area contributed by atoms with Gasteiger partial charge < -0.3 is 10.1 Å². The Hall–Kier alpha value is -3.74. The summed E-state index contributed by atoms with van der Waals surface area (Å²) in [5.74, 6) is -1.28. The molecule has 1 aromatic heterocycles. The third-order valence-electron chi connectivity index (χ3n) is 4.31. The Bertz CT molecular complexity index is 1010. The van der Waals surface area contributed by atoms with Crippen LogP contribution in [0.2, 0.25) is 0 Å². The van der Waals surface area contributed by atoms with E-state index in [0.717, 1.165) is 5.56 Å². The number of nitrogens with one attached hydrogen (secondary N) is 1. The summed E-state index contributed by atoms with van der Waals surface area (Å²) in [6, 6.07) is 15.4. The molecular formula is C22H21N3O4. The fourth-order valence-corrected chi connectivity index (χ4v) is 2.74. The molecule has 7 heteroatoms. The molecule has 0 spiro atoms. The first-order chi connectivity index (χ1) is 13.9. The first-order valence-corrected chi connectivity index (χ1v) is 9.12. The zero-order valence-corrected chi connectivity index (χ0v) is 16.2. The van der Waals surface area contributed by atoms with E-state index in [4.69, 9.17) is 4.74 Å². The van der Waals surface area contributed by atoms with E-state index in [0.29, 0.717) is 23.4 Å². The molecule has 0 aliphatic carbocycles. The monoisotopic (exact) mass is 391 g/mol. The molecule has 148 valence electrons. The number of hydrogen-bond donors (Lipinski definition) is 1. The minimum atomic E-state index is -1.02. The number of hydrogen-bond acceptors (Lipinski definition) is 5. The lowest BCUT2D eigenvalue weighted by Gasteiger charge is -2.15. The molecule has 0 radical (unpaired) electrons. The van der Waals surface area contributed by atoms with Crippen molar-refractivity contribution in [3.05, 3.63) is 83.7 Å². The molecule has 7 nitrogen and oxygen atoms in total. The number of nitrogens with zero attached hydrogens (tertiary/aromatic N) is 2. The maximum atomic E-state index is 12.4. The highest BCUT2D eigenvalue weighted by Gasteiger charge is 2.20. The summed E-state index contributed by atoms with van der Waals surface area (Å²) in [7, 11) is 0. The van der Waals surface area contributed by atoms with Gasteiger partial charge in [0.1, 0.15) is 0 Å². The van der Waals surface area contributed by atoms with Crippen LogP contribution < -0.4 is 5.32 Å². The molecule has 3 rings (SSSR count). The highest BCUT2D eigenvalue weighted by molar-refractivity contribution is 6.05. The van der Waals surface area contributed by atoms with Crippen LogP contribution in [-0.4, -0.2) is 33.5 Å². The topological polar surface area (TPSA) is 90.3 Å². The van der Waals surface area contributed by atoms with Gasteiger partial charge in [-0.3, -0.25) is 14.3 Å². The Morgan fingerprint density at radius 2 is 1.79 bits per heavy atom. The van der Waals surface area contributed by atoms with Gasteiger partial charge >= 0.3 is 5.97 Å². The van der Waals surface area contributed by atoms with E-state index in [1.54, 1.807) is 47.3 Å². The van der Waals surface area contributed by atoms with E-state index in [-0.39, 0.29) is 5.78 Å². The number of ether oxygens (including phenoxy) is 1. The van der Waals surface area contributed by atoms with E-state index < -0.39 is 18.0 Å². The number of anilines is 1. The highest BCUT2D eigenvalue weighted by Crippen LogP contribution is 2.16. The van der Waals surface area contributed by atoms with E-state index >= 15 is 0 Å². The van der Waals surface area contributed by atoms with Crippen molar-refractivity contribution in [3.8, 4) is 0 Å². The van der Waals surface area contributed by atoms with E-state index in [1.165, 1.54) is 13.8 Å². The van der Waals surface area contributed by atoms with Crippen molar-refractivity contribution in [2.24, 2.45) is 0 Å². The molecule has 1 atom stereocenters. The van der Waals surface area contributed by atoms with Gasteiger partial charge in [-0.2, -0.15) is 5.10 Å². The average Bonchev–Trinajstić information content (AvgIpc) is 3.21. The van der Waals surface area contributed by atoms with Gasteiger partial charge in [-0.15, -0.1) is 0 Å². The van der Waals surface area contributed by atoms with Gasteiger partial charge in [0.2, 0.25) is 0 Å². The highest BCUT2D eigenvalue weighted by atomic mass is 16.5. The molecule has 1 unspecified atom stereocenters. The van der Waals surface area contributed by atoms with E-state index in [2.05, 4.69) is 10.4 Å². The van der Waals surface area contributed by atoms with Gasteiger partial charge in [0.15, 0.2) is 11.9 Å². The lowest BCUT2D eigenvalue weighted by Crippen LogP contribution is -2.30. The number of Topliss-reactive ketones (excluding diaryl/α,β-unsaturated/α-hetero) is 1. The van der Waals surface area contributed by atoms with Gasteiger partial charge in [0.05, 0.1) is 17.8 Å². The average molecular weight is 391 g/mol. The van der Waals surface area contributed by atoms with Crippen LogP contribution in [0.4, 0.5) is 5.69 Å². The predicted molar refractivity (Wildman–Crippen MR) is 108 cm³/mol. The summed E-state index contributed by atoms with van der Waals surface area (Å²) < 4.78 is 7.04. The van der Waals surface area contributed by atoms with Gasteiger partial charge in [-0.25, -0.2) is 4.79 Å². The number of aromatic nitrogens is 2. The van der Waals surface area contributed by atoms with Crippen LogP contribution in [0.5, 0.6) is 0 Å². The SMILES string of the molecule is CC(=O)c1ccccc1NC(=O)C(C)OC(=O)c1ccc(Cn2cccn2)cc1. The normalized spacial score (nSPS) is 11.5. The fraction of sp³-hybridized carbons (Fsp3) is 0.182.